The molecule has 2 amide bonds. The van der Waals surface area contributed by atoms with Crippen molar-refractivity contribution >= 4 is 12.0 Å². The molecule has 0 aromatic carbocycles. The Bertz CT molecular complexity index is 385. The molecule has 4 unspecified atom stereocenters. The van der Waals surface area contributed by atoms with E-state index in [9.17, 15) is 14.7 Å². The summed E-state index contributed by atoms with van der Waals surface area (Å²) in [5.41, 5.74) is 0. The Hall–Kier alpha value is -1.30. The lowest BCUT2D eigenvalue weighted by Gasteiger charge is -2.29. The molecular weight excluding hydrogens is 260 g/mol. The Morgan fingerprint density at radius 1 is 1.15 bits per heavy atom. The first-order valence-electron chi connectivity index (χ1n) is 7.36. The molecule has 0 heterocycles. The van der Waals surface area contributed by atoms with Crippen LogP contribution in [0.3, 0.4) is 0 Å². The van der Waals surface area contributed by atoms with Crippen LogP contribution in [0.1, 0.15) is 39.5 Å². The first-order valence-corrected chi connectivity index (χ1v) is 7.36. The maximum atomic E-state index is 11.8. The second-order valence-electron chi connectivity index (χ2n) is 6.30. The van der Waals surface area contributed by atoms with Gasteiger partial charge in [0.25, 0.3) is 0 Å². The van der Waals surface area contributed by atoms with E-state index in [0.717, 1.165) is 12.3 Å². The van der Waals surface area contributed by atoms with E-state index in [-0.39, 0.29) is 6.04 Å². The molecule has 0 aromatic heterocycles. The van der Waals surface area contributed by atoms with Gasteiger partial charge in [0.15, 0.2) is 6.04 Å². The number of nitrogens with one attached hydrogen (secondary N) is 2. The van der Waals surface area contributed by atoms with Crippen LogP contribution in [-0.2, 0) is 4.79 Å². The first-order chi connectivity index (χ1) is 9.38. The maximum absolute atomic E-state index is 11.8. The molecule has 2 aliphatic carbocycles. The van der Waals surface area contributed by atoms with Crippen molar-refractivity contribution in [1.29, 1.82) is 0 Å². The summed E-state index contributed by atoms with van der Waals surface area (Å²) in [7, 11) is 0. The minimum atomic E-state index is -1.28. The van der Waals surface area contributed by atoms with Crippen LogP contribution in [0.25, 0.3) is 0 Å². The zero-order valence-electron chi connectivity index (χ0n) is 12.0. The number of aliphatic hydroxyl groups is 1. The van der Waals surface area contributed by atoms with Crippen molar-refractivity contribution in [3.8, 4) is 0 Å². The van der Waals surface area contributed by atoms with E-state index in [4.69, 9.17) is 5.11 Å². The van der Waals surface area contributed by atoms with Crippen LogP contribution >= 0.6 is 0 Å². The third-order valence-corrected chi connectivity index (χ3v) is 4.83. The number of rotatable bonds is 5. The van der Waals surface area contributed by atoms with Gasteiger partial charge in [-0.2, -0.15) is 0 Å². The number of carboxylic acid groups (broad SMARTS) is 1. The van der Waals surface area contributed by atoms with Crippen molar-refractivity contribution in [2.75, 3.05) is 0 Å². The van der Waals surface area contributed by atoms with Gasteiger partial charge in [-0.1, -0.05) is 6.42 Å². The number of aliphatic hydroxyl groups excluding tert-OH is 1. The standard InChI is InChI=1S/C14H24N2O4/c1-7(11-6-9-3-4-10(11)5-9)15-14(20)16-12(8(2)17)13(18)19/h7-12,17H,3-6H2,1-2H3,(H,18,19)(H2,15,16,20)/t7?,8-,9?,10?,11?,12+/m1/s1. The molecular formula is C14H24N2O4. The highest BCUT2D eigenvalue weighted by Gasteiger charge is 2.42. The molecule has 0 spiro atoms. The SMILES string of the molecule is CC(NC(=O)N[C@H](C(=O)O)[C@@H](C)O)C1CC2CCC1C2. The monoisotopic (exact) mass is 284 g/mol. The van der Waals surface area contributed by atoms with E-state index in [0.29, 0.717) is 11.8 Å². The van der Waals surface area contributed by atoms with Crippen molar-refractivity contribution in [2.45, 2.75) is 57.7 Å². The molecule has 6 nitrogen and oxygen atoms in total. The number of amides is 2. The van der Waals surface area contributed by atoms with E-state index in [2.05, 4.69) is 10.6 Å². The number of carboxylic acids is 1. The minimum absolute atomic E-state index is 0.0359. The topological polar surface area (TPSA) is 98.7 Å². The molecule has 2 saturated carbocycles. The van der Waals surface area contributed by atoms with Gasteiger partial charge >= 0.3 is 12.0 Å². The minimum Gasteiger partial charge on any atom is -0.480 e. The second kappa shape index (κ2) is 5.99. The van der Waals surface area contributed by atoms with Gasteiger partial charge in [0.1, 0.15) is 0 Å². The summed E-state index contributed by atoms with van der Waals surface area (Å²) in [6, 6.07) is -1.76. The summed E-state index contributed by atoms with van der Waals surface area (Å²) >= 11 is 0. The fraction of sp³-hybridized carbons (Fsp3) is 0.857. The number of aliphatic carboxylic acids is 1. The largest absolute Gasteiger partial charge is 0.480 e. The van der Waals surface area contributed by atoms with E-state index in [1.54, 1.807) is 0 Å². The Labute approximate surface area is 118 Å². The van der Waals surface area contributed by atoms with E-state index in [1.165, 1.54) is 26.2 Å². The van der Waals surface area contributed by atoms with Crippen LogP contribution < -0.4 is 10.6 Å². The molecule has 0 aliphatic heterocycles. The molecule has 0 saturated heterocycles. The summed E-state index contributed by atoms with van der Waals surface area (Å²) in [5.74, 6) is 0.765. The summed E-state index contributed by atoms with van der Waals surface area (Å²) < 4.78 is 0. The van der Waals surface area contributed by atoms with Crippen LogP contribution in [0.15, 0.2) is 0 Å². The van der Waals surface area contributed by atoms with Crippen molar-refractivity contribution in [3.63, 3.8) is 0 Å². The lowest BCUT2D eigenvalue weighted by Crippen LogP contribution is -2.53. The number of urea groups is 1. The fourth-order valence-electron chi connectivity index (χ4n) is 3.79. The molecule has 2 fully saturated rings. The predicted molar refractivity (Wildman–Crippen MR) is 73.2 cm³/mol. The molecule has 6 atom stereocenters. The van der Waals surface area contributed by atoms with Crippen molar-refractivity contribution < 1.29 is 19.8 Å². The lowest BCUT2D eigenvalue weighted by atomic mass is 9.84. The smallest absolute Gasteiger partial charge is 0.328 e. The quantitative estimate of drug-likeness (QED) is 0.604. The molecule has 2 rings (SSSR count). The molecule has 2 bridgehead atoms. The van der Waals surface area contributed by atoms with Gasteiger partial charge < -0.3 is 20.8 Å². The molecule has 6 heteroatoms. The third kappa shape index (κ3) is 3.23. The molecule has 2 aliphatic rings. The molecule has 4 N–H and O–H groups in total. The van der Waals surface area contributed by atoms with Crippen LogP contribution in [-0.4, -0.2) is 40.4 Å². The Balaban J connectivity index is 1.83. The van der Waals surface area contributed by atoms with E-state index < -0.39 is 24.1 Å². The second-order valence-corrected chi connectivity index (χ2v) is 6.30. The summed E-state index contributed by atoms with van der Waals surface area (Å²) in [6.45, 7) is 3.32. The van der Waals surface area contributed by atoms with E-state index >= 15 is 0 Å². The number of fused-ring (bicyclic) bond motifs is 2. The zero-order chi connectivity index (χ0) is 14.9. The Kier molecular flexibility index (Phi) is 4.52. The highest BCUT2D eigenvalue weighted by Crippen LogP contribution is 2.49. The molecule has 20 heavy (non-hydrogen) atoms. The van der Waals surface area contributed by atoms with Gasteiger partial charge in [0.2, 0.25) is 0 Å². The van der Waals surface area contributed by atoms with Crippen molar-refractivity contribution in [3.05, 3.63) is 0 Å². The highest BCUT2D eigenvalue weighted by molar-refractivity contribution is 5.83. The number of hydrogen-bond donors (Lipinski definition) is 4. The molecule has 0 aromatic rings. The zero-order valence-corrected chi connectivity index (χ0v) is 12.0. The van der Waals surface area contributed by atoms with Crippen LogP contribution in [0.5, 0.6) is 0 Å². The third-order valence-electron chi connectivity index (χ3n) is 4.83. The van der Waals surface area contributed by atoms with Crippen molar-refractivity contribution in [2.24, 2.45) is 17.8 Å². The predicted octanol–water partition coefficient (Wildman–Crippen LogP) is 0.944. The molecule has 114 valence electrons. The van der Waals surface area contributed by atoms with E-state index in [1.807, 2.05) is 6.92 Å². The fourth-order valence-corrected chi connectivity index (χ4v) is 3.79. The van der Waals surface area contributed by atoms with Gasteiger partial charge in [0.05, 0.1) is 6.10 Å². The normalized spacial score (nSPS) is 32.5. The van der Waals surface area contributed by atoms with Crippen LogP contribution in [0, 0.1) is 17.8 Å². The molecule has 0 radical (unpaired) electrons. The van der Waals surface area contributed by atoms with Crippen LogP contribution in [0.2, 0.25) is 0 Å². The summed E-state index contributed by atoms with van der Waals surface area (Å²) in [5, 5.41) is 23.4. The lowest BCUT2D eigenvalue weighted by molar-refractivity contribution is -0.141. The Morgan fingerprint density at radius 3 is 2.30 bits per heavy atom. The van der Waals surface area contributed by atoms with Gasteiger partial charge in [0, 0.05) is 6.04 Å². The van der Waals surface area contributed by atoms with Gasteiger partial charge in [-0.25, -0.2) is 9.59 Å². The summed E-state index contributed by atoms with van der Waals surface area (Å²) in [6.07, 6.45) is 3.85. The van der Waals surface area contributed by atoms with Crippen molar-refractivity contribution in [1.82, 2.24) is 10.6 Å². The first kappa shape index (κ1) is 15.1. The van der Waals surface area contributed by atoms with Gasteiger partial charge in [-0.05, 0) is 50.9 Å². The Morgan fingerprint density at radius 2 is 1.85 bits per heavy atom. The number of carbonyl (C=O) groups is 2. The summed E-state index contributed by atoms with van der Waals surface area (Å²) in [4.78, 5) is 22.8. The maximum Gasteiger partial charge on any atom is 0.328 e. The number of carbonyl (C=O) groups excluding carboxylic acids is 1. The highest BCUT2D eigenvalue weighted by atomic mass is 16.4. The average Bonchev–Trinajstić information content (AvgIpc) is 2.97. The van der Waals surface area contributed by atoms with Crippen LogP contribution in [0.4, 0.5) is 4.79 Å². The van der Waals surface area contributed by atoms with Gasteiger partial charge in [-0.3, -0.25) is 0 Å². The number of hydrogen-bond acceptors (Lipinski definition) is 3. The van der Waals surface area contributed by atoms with Gasteiger partial charge in [-0.15, -0.1) is 0 Å². The average molecular weight is 284 g/mol.